The summed E-state index contributed by atoms with van der Waals surface area (Å²) in [5.41, 5.74) is 33.6. The van der Waals surface area contributed by atoms with Gasteiger partial charge in [0.1, 0.15) is 0 Å². The second-order valence-electron chi connectivity index (χ2n) is 19.8. The van der Waals surface area contributed by atoms with Gasteiger partial charge in [-0.3, -0.25) is 0 Å². The molecule has 4 aliphatic rings. The quantitative estimate of drug-likeness (QED) is 0.165. The van der Waals surface area contributed by atoms with E-state index in [2.05, 4.69) is 231 Å². The monoisotopic (exact) mass is 878 g/mol. The molecule has 0 unspecified atom stereocenters. The Hall–Kier alpha value is -7.82. The highest BCUT2D eigenvalue weighted by Crippen LogP contribution is 2.59. The van der Waals surface area contributed by atoms with E-state index in [4.69, 9.17) is 0 Å². The largest absolute Gasteiger partial charge is 0.310 e. The molecule has 4 heteroatoms. The summed E-state index contributed by atoms with van der Waals surface area (Å²) in [6.45, 7) is 13.2. The molecule has 9 aromatic carbocycles. The van der Waals surface area contributed by atoms with E-state index in [1.165, 1.54) is 146 Å². The number of benzene rings is 9. The van der Waals surface area contributed by atoms with Gasteiger partial charge in [-0.25, -0.2) is 0 Å². The molecule has 0 spiro atoms. The van der Waals surface area contributed by atoms with Crippen LogP contribution in [0.25, 0.3) is 0 Å². The van der Waals surface area contributed by atoms with Gasteiger partial charge in [-0.2, -0.15) is 0 Å². The van der Waals surface area contributed by atoms with Crippen LogP contribution in [0.4, 0.5) is 68.2 Å². The van der Waals surface area contributed by atoms with Crippen LogP contribution in [0.2, 0.25) is 0 Å². The second kappa shape index (κ2) is 15.4. The van der Waals surface area contributed by atoms with E-state index in [0.29, 0.717) is 0 Å². The lowest BCUT2D eigenvalue weighted by molar-refractivity contribution is 0.977. The lowest BCUT2D eigenvalue weighted by atomic mass is 9.81. The van der Waals surface area contributed by atoms with Gasteiger partial charge in [-0.1, -0.05) is 108 Å². The maximum atomic E-state index is 2.63. The third-order valence-electron chi connectivity index (χ3n) is 15.1. The molecule has 0 aliphatic carbocycles. The van der Waals surface area contributed by atoms with Gasteiger partial charge in [-0.15, -0.1) is 0 Å². The van der Waals surface area contributed by atoms with Gasteiger partial charge in [0, 0.05) is 70.9 Å². The van der Waals surface area contributed by atoms with Crippen LogP contribution >= 0.6 is 0 Å². The number of para-hydroxylation sites is 2. The number of aryl methyl sites for hydroxylation is 6. The Labute approximate surface area is 401 Å². The van der Waals surface area contributed by atoms with E-state index in [0.717, 1.165) is 25.7 Å². The molecule has 4 aliphatic heterocycles. The van der Waals surface area contributed by atoms with Crippen molar-refractivity contribution in [2.75, 3.05) is 19.6 Å². The first kappa shape index (κ1) is 40.5. The molecule has 4 heterocycles. The summed E-state index contributed by atoms with van der Waals surface area (Å²) in [4.78, 5) is 10.3. The summed E-state index contributed by atoms with van der Waals surface area (Å²) >= 11 is 0. The molecular weight excluding hydrogens is 825 g/mol. The zero-order valence-corrected chi connectivity index (χ0v) is 39.8. The number of anilines is 12. The van der Waals surface area contributed by atoms with Crippen molar-refractivity contribution >= 4 is 68.2 Å². The zero-order chi connectivity index (χ0) is 45.9. The first-order valence-corrected chi connectivity index (χ1v) is 24.3. The van der Waals surface area contributed by atoms with Crippen molar-refractivity contribution in [1.82, 2.24) is 0 Å². The number of rotatable bonds is 6. The normalized spacial score (nSPS) is 13.4. The first-order valence-electron chi connectivity index (χ1n) is 24.3. The van der Waals surface area contributed by atoms with Crippen molar-refractivity contribution in [3.05, 3.63) is 248 Å². The number of hydrogen-bond acceptors (Lipinski definition) is 4. The highest BCUT2D eigenvalue weighted by Gasteiger charge is 2.39. The summed E-state index contributed by atoms with van der Waals surface area (Å²) in [5.74, 6) is 0. The van der Waals surface area contributed by atoms with Crippen molar-refractivity contribution < 1.29 is 0 Å². The Bertz CT molecular complexity index is 3310. The summed E-state index contributed by atoms with van der Waals surface area (Å²) in [5, 5.41) is 0. The molecule has 0 saturated carbocycles. The number of hydrogen-bond donors (Lipinski definition) is 0. The maximum absolute atomic E-state index is 2.63. The molecule has 0 bridgehead atoms. The SMILES string of the molecule is Cc1ccc(N(c2cc(C)ccc2C)c2ccc3c4c2Cc2ccccc2N4c2cc4c(cc2C3)N2c3ccccc3Cc3c(N(c5ccc(C)cc5)c5cc(C)ccc5C)ccc(c32)C4)cc1. The highest BCUT2D eigenvalue weighted by molar-refractivity contribution is 5.99. The zero-order valence-electron chi connectivity index (χ0n) is 39.8. The van der Waals surface area contributed by atoms with E-state index in [-0.39, 0.29) is 0 Å². The van der Waals surface area contributed by atoms with Crippen LogP contribution in [0.3, 0.4) is 0 Å². The lowest BCUT2D eigenvalue weighted by Gasteiger charge is -2.44. The van der Waals surface area contributed by atoms with E-state index >= 15 is 0 Å². The van der Waals surface area contributed by atoms with Crippen LogP contribution in [0.5, 0.6) is 0 Å². The first-order chi connectivity index (χ1) is 33.2. The minimum absolute atomic E-state index is 0.862. The van der Waals surface area contributed by atoms with Crippen molar-refractivity contribution in [2.24, 2.45) is 0 Å². The standard InChI is InChI=1S/C64H54N4/c1-39-17-25-51(26-18-39)65(59-31-41(3)15-21-43(59)5)57-29-23-47-33-49-38-62-50(37-61(49)67-55-13-9-7-11-45(55)35-53(57)63(47)67)34-48-24-30-58(54-36-46-12-8-10-14-56(46)68(62)64(48)54)66(52-27-19-40(2)20-28-52)60-32-42(4)16-22-44(60)6/h7-32,37-38H,33-36H2,1-6H3. The Kier molecular flexibility index (Phi) is 9.14. The van der Waals surface area contributed by atoms with Gasteiger partial charge in [0.05, 0.1) is 34.1 Å². The predicted octanol–water partition coefficient (Wildman–Crippen LogP) is 17.0. The lowest BCUT2D eigenvalue weighted by Crippen LogP contribution is -2.29. The molecule has 0 amide bonds. The Morgan fingerprint density at radius 2 is 0.706 bits per heavy atom. The summed E-state index contributed by atoms with van der Waals surface area (Å²) < 4.78 is 0. The van der Waals surface area contributed by atoms with Gasteiger partial charge >= 0.3 is 0 Å². The van der Waals surface area contributed by atoms with Gasteiger partial charge < -0.3 is 19.6 Å². The molecule has 0 fully saturated rings. The minimum atomic E-state index is 0.862. The smallest absolute Gasteiger partial charge is 0.0553 e. The minimum Gasteiger partial charge on any atom is -0.310 e. The van der Waals surface area contributed by atoms with Gasteiger partial charge in [0.15, 0.2) is 0 Å². The third-order valence-corrected chi connectivity index (χ3v) is 15.1. The molecule has 0 saturated heterocycles. The molecule has 0 aromatic heterocycles. The fraction of sp³-hybridized carbons (Fsp3) is 0.156. The maximum Gasteiger partial charge on any atom is 0.0553 e. The average molecular weight is 879 g/mol. The fourth-order valence-corrected chi connectivity index (χ4v) is 11.7. The van der Waals surface area contributed by atoms with Crippen LogP contribution in [0.15, 0.2) is 170 Å². The second-order valence-corrected chi connectivity index (χ2v) is 19.8. The summed E-state index contributed by atoms with van der Waals surface area (Å²) in [6.07, 6.45) is 3.45. The van der Waals surface area contributed by atoms with E-state index in [1.807, 2.05) is 0 Å². The van der Waals surface area contributed by atoms with Crippen molar-refractivity contribution in [2.45, 2.75) is 67.2 Å². The van der Waals surface area contributed by atoms with Gasteiger partial charge in [0.25, 0.3) is 0 Å². The average Bonchev–Trinajstić information content (AvgIpc) is 3.35. The Balaban J connectivity index is 0.997. The summed E-state index contributed by atoms with van der Waals surface area (Å²) in [6, 6.07) is 64.8. The topological polar surface area (TPSA) is 13.0 Å². The van der Waals surface area contributed by atoms with Crippen LogP contribution in [0, 0.1) is 41.5 Å². The van der Waals surface area contributed by atoms with Crippen LogP contribution < -0.4 is 19.6 Å². The molecule has 13 rings (SSSR count). The van der Waals surface area contributed by atoms with Gasteiger partial charge in [-0.05, 0) is 170 Å². The fourth-order valence-electron chi connectivity index (χ4n) is 11.7. The molecule has 330 valence electrons. The number of nitrogens with zero attached hydrogens (tertiary/aromatic N) is 4. The summed E-state index contributed by atoms with van der Waals surface area (Å²) in [7, 11) is 0. The molecule has 0 atom stereocenters. The molecule has 0 radical (unpaired) electrons. The van der Waals surface area contributed by atoms with Gasteiger partial charge in [0.2, 0.25) is 0 Å². The predicted molar refractivity (Wildman–Crippen MR) is 285 cm³/mol. The van der Waals surface area contributed by atoms with Crippen molar-refractivity contribution in [3.63, 3.8) is 0 Å². The molecule has 0 N–H and O–H groups in total. The van der Waals surface area contributed by atoms with Crippen LogP contribution in [-0.4, -0.2) is 0 Å². The Morgan fingerprint density at radius 1 is 0.309 bits per heavy atom. The molecule has 4 nitrogen and oxygen atoms in total. The number of fused-ring (bicyclic) bond motifs is 8. The molecular formula is C64H54N4. The van der Waals surface area contributed by atoms with Crippen molar-refractivity contribution in [3.8, 4) is 0 Å². The third kappa shape index (κ3) is 6.27. The van der Waals surface area contributed by atoms with E-state index in [9.17, 15) is 0 Å². The molecule has 68 heavy (non-hydrogen) atoms. The Morgan fingerprint density at radius 3 is 1.13 bits per heavy atom. The van der Waals surface area contributed by atoms with Crippen LogP contribution in [-0.2, 0) is 25.7 Å². The van der Waals surface area contributed by atoms with Crippen molar-refractivity contribution in [1.29, 1.82) is 0 Å². The van der Waals surface area contributed by atoms with Crippen LogP contribution in [0.1, 0.15) is 77.9 Å². The molecule has 9 aromatic rings. The van der Waals surface area contributed by atoms with E-state index in [1.54, 1.807) is 0 Å². The van der Waals surface area contributed by atoms with E-state index < -0.39 is 0 Å². The highest BCUT2D eigenvalue weighted by atomic mass is 15.2.